The number of rotatable bonds is 7. The second kappa shape index (κ2) is 6.52. The average molecular weight is 213 g/mol. The molecule has 0 bridgehead atoms. The lowest BCUT2D eigenvalue weighted by molar-refractivity contribution is 0.0768. The molecule has 0 radical (unpaired) electrons. The molecule has 0 aliphatic carbocycles. The topological polar surface area (TPSA) is 26.0 Å². The van der Waals surface area contributed by atoms with E-state index in [0.717, 1.165) is 24.3 Å². The third-order valence-electron chi connectivity index (χ3n) is 4.23. The van der Waals surface area contributed by atoms with E-state index in [0.29, 0.717) is 5.41 Å². The van der Waals surface area contributed by atoms with Gasteiger partial charge in [-0.25, -0.2) is 0 Å². The molecule has 2 atom stereocenters. The Bertz CT molecular complexity index is 161. The fraction of sp³-hybridized carbons (Fsp3) is 1.00. The van der Waals surface area contributed by atoms with Crippen LogP contribution in [-0.4, -0.2) is 6.54 Å². The predicted molar refractivity (Wildman–Crippen MR) is 69.9 cm³/mol. The molecule has 0 fully saturated rings. The minimum absolute atomic E-state index is 0.420. The van der Waals surface area contributed by atoms with E-state index in [9.17, 15) is 0 Å². The van der Waals surface area contributed by atoms with Gasteiger partial charge in [0.05, 0.1) is 0 Å². The fourth-order valence-electron chi connectivity index (χ4n) is 2.91. The van der Waals surface area contributed by atoms with Crippen LogP contribution in [0.3, 0.4) is 0 Å². The number of nitrogens with two attached hydrogens (primary N) is 1. The molecule has 1 nitrogen and oxygen atoms in total. The molecule has 0 heterocycles. The first-order chi connectivity index (χ1) is 6.87. The zero-order valence-electron chi connectivity index (χ0n) is 11.6. The van der Waals surface area contributed by atoms with Crippen molar-refractivity contribution in [2.24, 2.45) is 28.9 Å². The Labute approximate surface area is 96.8 Å². The first-order valence-electron chi connectivity index (χ1n) is 6.57. The van der Waals surface area contributed by atoms with Gasteiger partial charge < -0.3 is 5.73 Å². The van der Waals surface area contributed by atoms with E-state index in [4.69, 9.17) is 5.73 Å². The molecule has 0 aliphatic heterocycles. The van der Waals surface area contributed by atoms with Crippen molar-refractivity contribution in [3.05, 3.63) is 0 Å². The van der Waals surface area contributed by atoms with Gasteiger partial charge in [-0.2, -0.15) is 0 Å². The summed E-state index contributed by atoms with van der Waals surface area (Å²) < 4.78 is 0. The predicted octanol–water partition coefficient (Wildman–Crippen LogP) is 4.07. The monoisotopic (exact) mass is 213 g/mol. The summed E-state index contributed by atoms with van der Waals surface area (Å²) in [6.45, 7) is 15.0. The second-order valence-electron chi connectivity index (χ2n) is 5.94. The van der Waals surface area contributed by atoms with Crippen LogP contribution in [0.15, 0.2) is 0 Å². The van der Waals surface area contributed by atoms with E-state index in [1.807, 2.05) is 0 Å². The van der Waals surface area contributed by atoms with Gasteiger partial charge in [-0.15, -0.1) is 0 Å². The summed E-state index contributed by atoms with van der Waals surface area (Å²) in [7, 11) is 0. The van der Waals surface area contributed by atoms with Crippen LogP contribution in [-0.2, 0) is 0 Å². The van der Waals surface area contributed by atoms with Crippen LogP contribution in [0.25, 0.3) is 0 Å². The highest BCUT2D eigenvalue weighted by molar-refractivity contribution is 4.84. The third-order valence-corrected chi connectivity index (χ3v) is 4.23. The molecule has 2 unspecified atom stereocenters. The molecule has 1 heteroatoms. The molecule has 0 rings (SSSR count). The summed E-state index contributed by atoms with van der Waals surface area (Å²) in [6.07, 6.45) is 3.79. The molecule has 92 valence electrons. The summed E-state index contributed by atoms with van der Waals surface area (Å²) in [5.41, 5.74) is 6.16. The molecule has 0 aromatic rings. The molecule has 0 aromatic carbocycles. The standard InChI is InChI=1S/C14H31N/c1-7-8-12(4)14(5,6)13(9-10-15)11(2)3/h11-13H,7-10,15H2,1-6H3. The molecule has 15 heavy (non-hydrogen) atoms. The van der Waals surface area contributed by atoms with Crippen molar-refractivity contribution in [2.75, 3.05) is 6.54 Å². The Morgan fingerprint density at radius 2 is 1.60 bits per heavy atom. The van der Waals surface area contributed by atoms with Crippen LogP contribution >= 0.6 is 0 Å². The van der Waals surface area contributed by atoms with Gasteiger partial charge in [0.1, 0.15) is 0 Å². The maximum Gasteiger partial charge on any atom is -0.00743 e. The van der Waals surface area contributed by atoms with Crippen LogP contribution < -0.4 is 5.73 Å². The quantitative estimate of drug-likeness (QED) is 0.678. The minimum atomic E-state index is 0.420. The summed E-state index contributed by atoms with van der Waals surface area (Å²) in [4.78, 5) is 0. The van der Waals surface area contributed by atoms with Crippen LogP contribution in [0.2, 0.25) is 0 Å². The van der Waals surface area contributed by atoms with E-state index in [1.165, 1.54) is 19.3 Å². The van der Waals surface area contributed by atoms with Crippen molar-refractivity contribution < 1.29 is 0 Å². The van der Waals surface area contributed by atoms with Gasteiger partial charge in [0, 0.05) is 0 Å². The largest absolute Gasteiger partial charge is 0.330 e. The normalized spacial score (nSPS) is 16.8. The van der Waals surface area contributed by atoms with Crippen LogP contribution in [0.4, 0.5) is 0 Å². The van der Waals surface area contributed by atoms with Gasteiger partial charge in [-0.05, 0) is 36.1 Å². The van der Waals surface area contributed by atoms with Crippen molar-refractivity contribution >= 4 is 0 Å². The molecule has 0 saturated heterocycles. The van der Waals surface area contributed by atoms with Crippen LogP contribution in [0.1, 0.15) is 60.8 Å². The molecule has 0 saturated carbocycles. The molecule has 0 aliphatic rings. The second-order valence-corrected chi connectivity index (χ2v) is 5.94. The van der Waals surface area contributed by atoms with Gasteiger partial charge in [0.15, 0.2) is 0 Å². The molecule has 2 N–H and O–H groups in total. The van der Waals surface area contributed by atoms with Gasteiger partial charge in [0.25, 0.3) is 0 Å². The van der Waals surface area contributed by atoms with Crippen molar-refractivity contribution in [1.29, 1.82) is 0 Å². The smallest absolute Gasteiger partial charge is 0.00743 e. The lowest BCUT2D eigenvalue weighted by Crippen LogP contribution is -2.35. The third kappa shape index (κ3) is 4.14. The molecular formula is C14H31N. The van der Waals surface area contributed by atoms with Crippen molar-refractivity contribution in [2.45, 2.75) is 60.8 Å². The Morgan fingerprint density at radius 3 is 1.93 bits per heavy atom. The van der Waals surface area contributed by atoms with Crippen molar-refractivity contribution in [3.8, 4) is 0 Å². The highest BCUT2D eigenvalue weighted by atomic mass is 14.5. The van der Waals surface area contributed by atoms with Crippen molar-refractivity contribution in [3.63, 3.8) is 0 Å². The maximum absolute atomic E-state index is 5.74. The van der Waals surface area contributed by atoms with E-state index >= 15 is 0 Å². The molecule has 0 aromatic heterocycles. The fourth-order valence-corrected chi connectivity index (χ4v) is 2.91. The van der Waals surface area contributed by atoms with Crippen LogP contribution in [0, 0.1) is 23.2 Å². The van der Waals surface area contributed by atoms with E-state index in [1.54, 1.807) is 0 Å². The van der Waals surface area contributed by atoms with Gasteiger partial charge in [-0.3, -0.25) is 0 Å². The number of hydrogen-bond acceptors (Lipinski definition) is 1. The summed E-state index contributed by atoms with van der Waals surface area (Å²) >= 11 is 0. The lowest BCUT2D eigenvalue weighted by atomic mass is 9.64. The zero-order valence-corrected chi connectivity index (χ0v) is 11.6. The summed E-state index contributed by atoms with van der Waals surface area (Å²) in [5.74, 6) is 2.29. The van der Waals surface area contributed by atoms with Gasteiger partial charge in [0.2, 0.25) is 0 Å². The van der Waals surface area contributed by atoms with E-state index < -0.39 is 0 Å². The maximum atomic E-state index is 5.74. The Balaban J connectivity index is 4.60. The molecule has 0 spiro atoms. The summed E-state index contributed by atoms with van der Waals surface area (Å²) in [5, 5.41) is 0. The SMILES string of the molecule is CCCC(C)C(C)(C)C(CCN)C(C)C. The minimum Gasteiger partial charge on any atom is -0.330 e. The van der Waals surface area contributed by atoms with Crippen molar-refractivity contribution in [1.82, 2.24) is 0 Å². The van der Waals surface area contributed by atoms with Gasteiger partial charge in [-0.1, -0.05) is 54.4 Å². The average Bonchev–Trinajstić information content (AvgIpc) is 2.13. The summed E-state index contributed by atoms with van der Waals surface area (Å²) in [6, 6.07) is 0. The lowest BCUT2D eigenvalue weighted by Gasteiger charge is -2.42. The first-order valence-corrected chi connectivity index (χ1v) is 6.57. The van der Waals surface area contributed by atoms with E-state index in [-0.39, 0.29) is 0 Å². The zero-order chi connectivity index (χ0) is 12.1. The Kier molecular flexibility index (Phi) is 6.51. The Hall–Kier alpha value is -0.0400. The van der Waals surface area contributed by atoms with Crippen LogP contribution in [0.5, 0.6) is 0 Å². The highest BCUT2D eigenvalue weighted by Crippen LogP contribution is 2.42. The highest BCUT2D eigenvalue weighted by Gasteiger charge is 2.35. The van der Waals surface area contributed by atoms with E-state index in [2.05, 4.69) is 41.5 Å². The van der Waals surface area contributed by atoms with Gasteiger partial charge >= 0.3 is 0 Å². The molecular weight excluding hydrogens is 182 g/mol. The number of hydrogen-bond donors (Lipinski definition) is 1. The molecule has 0 amide bonds. The Morgan fingerprint density at radius 1 is 1.07 bits per heavy atom. The first kappa shape index (κ1) is 15.0.